The van der Waals surface area contributed by atoms with Crippen LogP contribution in [-0.2, 0) is 25.7 Å². The molecule has 0 aromatic carbocycles. The number of pyridine rings is 1. The molecule has 2 heterocycles. The number of nitrogens with zero attached hydrogens (tertiary/aromatic N) is 1. The van der Waals surface area contributed by atoms with Gasteiger partial charge in [0.05, 0.1) is 11.1 Å². The van der Waals surface area contributed by atoms with Gasteiger partial charge in [0.25, 0.3) is 10.0 Å². The van der Waals surface area contributed by atoms with E-state index in [0.29, 0.717) is 25.1 Å². The van der Waals surface area contributed by atoms with Crippen molar-refractivity contribution in [3.05, 3.63) is 35.5 Å². The number of carbonyl (C=O) groups excluding carboxylic acids is 1. The smallest absolute Gasteiger partial charge is 0.417 e. The number of esters is 1. The van der Waals surface area contributed by atoms with Crippen molar-refractivity contribution in [1.82, 2.24) is 9.71 Å². The van der Waals surface area contributed by atoms with Gasteiger partial charge in [-0.3, -0.25) is 0 Å². The number of halogens is 3. The van der Waals surface area contributed by atoms with E-state index in [4.69, 9.17) is 4.74 Å². The molecule has 2 fully saturated rings. The predicted octanol–water partition coefficient (Wildman–Crippen LogP) is 1.92. The second-order valence-corrected chi connectivity index (χ2v) is 9.92. The number of nitrogens with one attached hydrogen (secondary N) is 1. The Morgan fingerprint density at radius 1 is 1.31 bits per heavy atom. The topological polar surface area (TPSA) is 106 Å². The Kier molecular flexibility index (Phi) is 4.06. The minimum absolute atomic E-state index is 0.0133. The van der Waals surface area contributed by atoms with E-state index >= 15 is 0 Å². The lowest BCUT2D eigenvalue weighted by atomic mass is 9.68. The van der Waals surface area contributed by atoms with Crippen LogP contribution in [0.2, 0.25) is 0 Å². The first kappa shape index (κ1) is 20.3. The van der Waals surface area contributed by atoms with Gasteiger partial charge in [-0.25, -0.2) is 22.9 Å². The molecule has 11 heteroatoms. The summed E-state index contributed by atoms with van der Waals surface area (Å²) in [5, 5.41) is 10.6. The fraction of sp³-hybridized carbons (Fsp3) is 0.556. The van der Waals surface area contributed by atoms with Gasteiger partial charge in [-0.1, -0.05) is 6.08 Å². The summed E-state index contributed by atoms with van der Waals surface area (Å²) in [6.07, 6.45) is -1.66. The van der Waals surface area contributed by atoms with Crippen LogP contribution in [0, 0.1) is 5.92 Å². The van der Waals surface area contributed by atoms with E-state index in [0.717, 1.165) is 6.07 Å². The van der Waals surface area contributed by atoms with Crippen molar-refractivity contribution in [2.45, 2.75) is 61.1 Å². The number of rotatable bonds is 3. The van der Waals surface area contributed by atoms with Crippen LogP contribution in [0.5, 0.6) is 0 Å². The van der Waals surface area contributed by atoms with Crippen molar-refractivity contribution in [3.63, 3.8) is 0 Å². The van der Waals surface area contributed by atoms with Crippen molar-refractivity contribution in [2.75, 3.05) is 0 Å². The van der Waals surface area contributed by atoms with Crippen molar-refractivity contribution in [3.8, 4) is 0 Å². The monoisotopic (exact) mass is 432 g/mol. The van der Waals surface area contributed by atoms with Crippen LogP contribution in [-0.4, -0.2) is 41.2 Å². The Balaban J connectivity index is 1.67. The fourth-order valence-electron chi connectivity index (χ4n) is 4.78. The summed E-state index contributed by atoms with van der Waals surface area (Å²) in [7, 11) is -4.29. The van der Waals surface area contributed by atoms with Gasteiger partial charge in [0, 0.05) is 11.7 Å². The number of aromatic nitrogens is 1. The molecule has 3 aliphatic rings. The van der Waals surface area contributed by atoms with E-state index in [2.05, 4.69) is 9.71 Å². The van der Waals surface area contributed by atoms with Gasteiger partial charge in [0.2, 0.25) is 0 Å². The van der Waals surface area contributed by atoms with Crippen LogP contribution in [0.4, 0.5) is 13.2 Å². The number of hydrogen-bond acceptors (Lipinski definition) is 6. The van der Waals surface area contributed by atoms with Crippen molar-refractivity contribution in [2.24, 2.45) is 5.92 Å². The quantitative estimate of drug-likeness (QED) is 0.707. The molecule has 1 aromatic rings. The summed E-state index contributed by atoms with van der Waals surface area (Å²) >= 11 is 0. The average Bonchev–Trinajstić information content (AvgIpc) is 2.95. The molecule has 0 bridgehead atoms. The van der Waals surface area contributed by atoms with Crippen LogP contribution < -0.4 is 4.72 Å². The predicted molar refractivity (Wildman–Crippen MR) is 92.8 cm³/mol. The highest BCUT2D eigenvalue weighted by Gasteiger charge is 2.70. The molecule has 1 aromatic heterocycles. The third-order valence-corrected chi connectivity index (χ3v) is 7.68. The van der Waals surface area contributed by atoms with E-state index in [-0.39, 0.29) is 12.0 Å². The molecule has 1 unspecified atom stereocenters. The number of aliphatic hydroxyl groups is 1. The number of hydrogen-bond donors (Lipinski definition) is 2. The zero-order chi connectivity index (χ0) is 21.5. The van der Waals surface area contributed by atoms with Crippen LogP contribution >= 0.6 is 0 Å². The number of alkyl halides is 3. The van der Waals surface area contributed by atoms with E-state index in [1.807, 2.05) is 0 Å². The number of carbonyl (C=O) groups is 1. The maximum Gasteiger partial charge on any atom is 0.417 e. The molecule has 0 amide bonds. The average molecular weight is 432 g/mol. The number of ether oxygens (including phenoxy) is 1. The molecule has 2 aliphatic carbocycles. The third-order valence-electron chi connectivity index (χ3n) is 6.16. The second kappa shape index (κ2) is 5.79. The van der Waals surface area contributed by atoms with E-state index in [1.54, 1.807) is 13.8 Å². The number of sulfonamides is 1. The summed E-state index contributed by atoms with van der Waals surface area (Å²) in [5.41, 5.74) is -4.83. The standard InChI is InChI=1S/C18H19F3N2O5S/c1-15(23-29(26,27)13-4-3-11(9-22-13)18(19,20)21)7-10-5-6-16(2)17(10,25)12(8-15)14(24)28-16/h3-4,8-10,23,25H,5-7H2,1-2H3/t10?,15-,16-,17+/m1/s1. The highest BCUT2D eigenvalue weighted by Crippen LogP contribution is 2.59. The van der Waals surface area contributed by atoms with Crippen LogP contribution in [0.25, 0.3) is 0 Å². The molecule has 0 radical (unpaired) electrons. The van der Waals surface area contributed by atoms with Gasteiger partial charge in [-0.05, 0) is 51.2 Å². The lowest BCUT2D eigenvalue weighted by Gasteiger charge is -2.43. The molecule has 1 saturated carbocycles. The first-order valence-corrected chi connectivity index (χ1v) is 10.4. The molecule has 1 saturated heterocycles. The Hall–Kier alpha value is -1.98. The first-order valence-electron chi connectivity index (χ1n) is 8.97. The Bertz CT molecular complexity index is 1020. The molecule has 2 N–H and O–H groups in total. The Labute approximate surface area is 165 Å². The van der Waals surface area contributed by atoms with E-state index < -0.39 is 55.4 Å². The van der Waals surface area contributed by atoms with Crippen LogP contribution in [0.1, 0.15) is 38.7 Å². The molecule has 0 spiro atoms. The van der Waals surface area contributed by atoms with Crippen molar-refractivity contribution >= 4 is 16.0 Å². The fourth-order valence-corrected chi connectivity index (χ4v) is 6.07. The lowest BCUT2D eigenvalue weighted by molar-refractivity contribution is -0.152. The Morgan fingerprint density at radius 3 is 2.59 bits per heavy atom. The summed E-state index contributed by atoms with van der Waals surface area (Å²) in [5.74, 6) is -1.11. The maximum atomic E-state index is 12.7. The molecule has 29 heavy (non-hydrogen) atoms. The van der Waals surface area contributed by atoms with Crippen LogP contribution in [0.3, 0.4) is 0 Å². The van der Waals surface area contributed by atoms with E-state index in [1.165, 1.54) is 6.08 Å². The summed E-state index contributed by atoms with van der Waals surface area (Å²) < 4.78 is 71.3. The highest BCUT2D eigenvalue weighted by molar-refractivity contribution is 7.89. The summed E-state index contributed by atoms with van der Waals surface area (Å²) in [6, 6.07) is 1.41. The van der Waals surface area contributed by atoms with Crippen molar-refractivity contribution in [1.29, 1.82) is 0 Å². The third kappa shape index (κ3) is 2.89. The molecule has 158 valence electrons. The molecule has 4 atom stereocenters. The maximum absolute atomic E-state index is 12.7. The highest BCUT2D eigenvalue weighted by atomic mass is 32.2. The Morgan fingerprint density at radius 2 is 2.00 bits per heavy atom. The van der Waals surface area contributed by atoms with E-state index in [9.17, 15) is 31.5 Å². The molecular weight excluding hydrogens is 413 g/mol. The second-order valence-electron chi connectivity index (χ2n) is 8.29. The zero-order valence-electron chi connectivity index (χ0n) is 15.6. The van der Waals surface area contributed by atoms with Gasteiger partial charge in [0.1, 0.15) is 11.2 Å². The first-order chi connectivity index (χ1) is 13.2. The molecule has 1 aliphatic heterocycles. The molecule has 7 nitrogen and oxygen atoms in total. The minimum Gasteiger partial charge on any atom is -0.452 e. The summed E-state index contributed by atoms with van der Waals surface area (Å²) in [4.78, 5) is 15.8. The molecule has 4 rings (SSSR count). The SMILES string of the molecule is C[C@]1(NS(=O)(=O)c2ccc(C(F)(F)F)cn2)C=C2C(=O)O[C@]3(C)CCC(C1)[C@]23O. The van der Waals surface area contributed by atoms with Gasteiger partial charge >= 0.3 is 12.1 Å². The largest absolute Gasteiger partial charge is 0.452 e. The van der Waals surface area contributed by atoms with Gasteiger partial charge in [-0.2, -0.15) is 13.2 Å². The van der Waals surface area contributed by atoms with Gasteiger partial charge < -0.3 is 9.84 Å². The van der Waals surface area contributed by atoms with Gasteiger partial charge in [0.15, 0.2) is 5.03 Å². The van der Waals surface area contributed by atoms with Gasteiger partial charge in [-0.15, -0.1) is 0 Å². The zero-order valence-corrected chi connectivity index (χ0v) is 16.4. The van der Waals surface area contributed by atoms with Crippen LogP contribution in [0.15, 0.2) is 35.0 Å². The summed E-state index contributed by atoms with van der Waals surface area (Å²) in [6.45, 7) is 3.20. The normalized spacial score (nSPS) is 36.6. The van der Waals surface area contributed by atoms with Crippen molar-refractivity contribution < 1.29 is 36.2 Å². The minimum atomic E-state index is -4.63. The lowest BCUT2D eigenvalue weighted by Crippen LogP contribution is -2.57. The molecular formula is C18H19F3N2O5S.